The van der Waals surface area contributed by atoms with Gasteiger partial charge in [-0.1, -0.05) is 12.1 Å². The van der Waals surface area contributed by atoms with Crippen LogP contribution in [-0.4, -0.2) is 40.6 Å². The van der Waals surface area contributed by atoms with Gasteiger partial charge in [0, 0.05) is 36.9 Å². The lowest BCUT2D eigenvalue weighted by molar-refractivity contribution is -0.130. The van der Waals surface area contributed by atoms with Crippen LogP contribution < -0.4 is 5.73 Å². The van der Waals surface area contributed by atoms with E-state index in [-0.39, 0.29) is 23.7 Å². The van der Waals surface area contributed by atoms with Crippen molar-refractivity contribution in [1.29, 1.82) is 0 Å². The molecule has 1 amide bonds. The highest BCUT2D eigenvalue weighted by Crippen LogP contribution is 2.29. The van der Waals surface area contributed by atoms with Gasteiger partial charge in [-0.2, -0.15) is 16.3 Å². The molecule has 0 spiro atoms. The number of aromatic nitrogens is 2. The first-order valence-corrected chi connectivity index (χ1v) is 8.37. The molecule has 126 valence electrons. The third-order valence-corrected chi connectivity index (χ3v) is 4.89. The molecular formula is C15H21ClN4O2S. The fraction of sp³-hybridized carbons (Fsp3) is 0.533. The van der Waals surface area contributed by atoms with Crippen molar-refractivity contribution in [3.8, 4) is 11.4 Å². The Labute approximate surface area is 145 Å². The molecule has 0 radical (unpaired) electrons. The zero-order valence-electron chi connectivity index (χ0n) is 13.0. The third kappa shape index (κ3) is 4.10. The van der Waals surface area contributed by atoms with Gasteiger partial charge in [-0.3, -0.25) is 4.79 Å². The summed E-state index contributed by atoms with van der Waals surface area (Å²) < 4.78 is 5.22. The van der Waals surface area contributed by atoms with Crippen molar-refractivity contribution in [2.24, 2.45) is 11.1 Å². The molecule has 0 aromatic carbocycles. The van der Waals surface area contributed by atoms with Gasteiger partial charge in [0.2, 0.25) is 17.6 Å². The SMILES string of the molecule is CC1(CN)CCN(C(=O)CCc2nc(-c3ccsc3)no2)C1.Cl. The van der Waals surface area contributed by atoms with Crippen LogP contribution in [0.2, 0.25) is 0 Å². The van der Waals surface area contributed by atoms with Crippen LogP contribution in [-0.2, 0) is 11.2 Å². The first-order chi connectivity index (χ1) is 10.6. The summed E-state index contributed by atoms with van der Waals surface area (Å²) in [5.74, 6) is 1.23. The number of carbonyl (C=O) groups is 1. The second kappa shape index (κ2) is 7.42. The van der Waals surface area contributed by atoms with Gasteiger partial charge in [0.05, 0.1) is 0 Å². The molecule has 2 N–H and O–H groups in total. The highest BCUT2D eigenvalue weighted by Gasteiger charge is 2.34. The van der Waals surface area contributed by atoms with Gasteiger partial charge in [-0.05, 0) is 29.8 Å². The fourth-order valence-electron chi connectivity index (χ4n) is 2.64. The molecular weight excluding hydrogens is 336 g/mol. The quantitative estimate of drug-likeness (QED) is 0.888. The van der Waals surface area contributed by atoms with Gasteiger partial charge in [-0.25, -0.2) is 0 Å². The lowest BCUT2D eigenvalue weighted by atomic mass is 9.90. The molecule has 1 saturated heterocycles. The summed E-state index contributed by atoms with van der Waals surface area (Å²) in [7, 11) is 0. The van der Waals surface area contributed by atoms with Crippen molar-refractivity contribution >= 4 is 29.7 Å². The van der Waals surface area contributed by atoms with Crippen molar-refractivity contribution in [3.63, 3.8) is 0 Å². The second-order valence-electron chi connectivity index (χ2n) is 6.10. The fourth-order valence-corrected chi connectivity index (χ4v) is 3.27. The normalized spacial score (nSPS) is 20.5. The number of hydrogen-bond donors (Lipinski definition) is 1. The van der Waals surface area contributed by atoms with E-state index < -0.39 is 0 Å². The first-order valence-electron chi connectivity index (χ1n) is 7.43. The maximum Gasteiger partial charge on any atom is 0.227 e. The van der Waals surface area contributed by atoms with E-state index in [1.807, 2.05) is 21.7 Å². The van der Waals surface area contributed by atoms with E-state index in [9.17, 15) is 4.79 Å². The lowest BCUT2D eigenvalue weighted by Gasteiger charge is -2.22. The summed E-state index contributed by atoms with van der Waals surface area (Å²) in [5, 5.41) is 7.89. The highest BCUT2D eigenvalue weighted by atomic mass is 35.5. The van der Waals surface area contributed by atoms with Crippen LogP contribution in [0.5, 0.6) is 0 Å². The van der Waals surface area contributed by atoms with Gasteiger partial charge in [-0.15, -0.1) is 12.4 Å². The summed E-state index contributed by atoms with van der Waals surface area (Å²) in [4.78, 5) is 18.5. The van der Waals surface area contributed by atoms with E-state index in [1.165, 1.54) is 0 Å². The summed E-state index contributed by atoms with van der Waals surface area (Å²) in [6.07, 6.45) is 1.84. The molecule has 0 aliphatic carbocycles. The maximum absolute atomic E-state index is 12.3. The Kier molecular flexibility index (Phi) is 5.78. The van der Waals surface area contributed by atoms with Crippen LogP contribution in [0.3, 0.4) is 0 Å². The third-order valence-electron chi connectivity index (χ3n) is 4.20. The number of halogens is 1. The average molecular weight is 357 g/mol. The molecule has 8 heteroatoms. The Hall–Kier alpha value is -1.44. The van der Waals surface area contributed by atoms with E-state index in [0.717, 1.165) is 25.1 Å². The van der Waals surface area contributed by atoms with Gasteiger partial charge < -0.3 is 15.2 Å². The summed E-state index contributed by atoms with van der Waals surface area (Å²) in [5.41, 5.74) is 6.78. The van der Waals surface area contributed by atoms with Crippen molar-refractivity contribution < 1.29 is 9.32 Å². The van der Waals surface area contributed by atoms with Crippen molar-refractivity contribution in [2.75, 3.05) is 19.6 Å². The Balaban J connectivity index is 0.00000192. The van der Waals surface area contributed by atoms with Crippen LogP contribution in [0, 0.1) is 5.41 Å². The van der Waals surface area contributed by atoms with E-state index in [0.29, 0.717) is 31.1 Å². The summed E-state index contributed by atoms with van der Waals surface area (Å²) >= 11 is 1.59. The number of nitrogens with zero attached hydrogens (tertiary/aromatic N) is 3. The van der Waals surface area contributed by atoms with Crippen LogP contribution in [0.15, 0.2) is 21.3 Å². The molecule has 2 aromatic heterocycles. The molecule has 6 nitrogen and oxygen atoms in total. The number of thiophene rings is 1. The Bertz CT molecular complexity index is 646. The van der Waals surface area contributed by atoms with Crippen LogP contribution in [0.25, 0.3) is 11.4 Å². The first kappa shape index (κ1) is 17.9. The molecule has 1 atom stereocenters. The second-order valence-corrected chi connectivity index (χ2v) is 6.88. The zero-order valence-corrected chi connectivity index (χ0v) is 14.7. The topological polar surface area (TPSA) is 85.2 Å². The molecule has 1 fully saturated rings. The largest absolute Gasteiger partial charge is 0.342 e. The summed E-state index contributed by atoms with van der Waals surface area (Å²) in [6, 6.07) is 1.95. The Morgan fingerprint density at radius 1 is 1.57 bits per heavy atom. The minimum atomic E-state index is 0. The molecule has 0 bridgehead atoms. The zero-order chi connectivity index (χ0) is 15.6. The van der Waals surface area contributed by atoms with Gasteiger partial charge in [0.15, 0.2) is 0 Å². The number of rotatable bonds is 5. The molecule has 1 aliphatic heterocycles. The van der Waals surface area contributed by atoms with Crippen LogP contribution in [0.1, 0.15) is 25.7 Å². The maximum atomic E-state index is 12.3. The number of amides is 1. The average Bonchev–Trinajstić information content (AvgIpc) is 3.25. The molecule has 2 aromatic rings. The summed E-state index contributed by atoms with van der Waals surface area (Å²) in [6.45, 7) is 4.28. The molecule has 1 unspecified atom stereocenters. The number of carbonyl (C=O) groups excluding carboxylic acids is 1. The van der Waals surface area contributed by atoms with Crippen LogP contribution in [0.4, 0.5) is 0 Å². The van der Waals surface area contributed by atoms with Crippen molar-refractivity contribution in [3.05, 3.63) is 22.7 Å². The van der Waals surface area contributed by atoms with E-state index in [1.54, 1.807) is 11.3 Å². The molecule has 1 aliphatic rings. The molecule has 0 saturated carbocycles. The standard InChI is InChI=1S/C15H20N4O2S.ClH/c1-15(9-16)5-6-19(10-15)13(20)3-2-12-17-14(18-21-12)11-4-7-22-8-11;/h4,7-8H,2-3,5-6,9-10,16H2,1H3;1H. The smallest absolute Gasteiger partial charge is 0.227 e. The van der Waals surface area contributed by atoms with Gasteiger partial charge in [0.25, 0.3) is 0 Å². The van der Waals surface area contributed by atoms with E-state index in [2.05, 4.69) is 17.1 Å². The van der Waals surface area contributed by atoms with Crippen molar-refractivity contribution in [2.45, 2.75) is 26.2 Å². The number of nitrogens with two attached hydrogens (primary N) is 1. The molecule has 3 heterocycles. The van der Waals surface area contributed by atoms with Gasteiger partial charge in [0.1, 0.15) is 0 Å². The van der Waals surface area contributed by atoms with E-state index in [4.69, 9.17) is 10.3 Å². The number of aryl methyl sites for hydroxylation is 1. The van der Waals surface area contributed by atoms with Crippen LogP contribution >= 0.6 is 23.7 Å². The predicted octanol–water partition coefficient (Wildman–Crippen LogP) is 2.35. The lowest BCUT2D eigenvalue weighted by Crippen LogP contribution is -2.34. The Morgan fingerprint density at radius 3 is 3.04 bits per heavy atom. The monoisotopic (exact) mass is 356 g/mol. The van der Waals surface area contributed by atoms with Crippen molar-refractivity contribution in [1.82, 2.24) is 15.0 Å². The minimum absolute atomic E-state index is 0. The molecule has 23 heavy (non-hydrogen) atoms. The highest BCUT2D eigenvalue weighted by molar-refractivity contribution is 7.08. The predicted molar refractivity (Wildman–Crippen MR) is 91.5 cm³/mol. The number of likely N-dealkylation sites (tertiary alicyclic amines) is 1. The van der Waals surface area contributed by atoms with Gasteiger partial charge >= 0.3 is 0 Å². The van der Waals surface area contributed by atoms with E-state index >= 15 is 0 Å². The Morgan fingerprint density at radius 2 is 2.39 bits per heavy atom. The molecule has 3 rings (SSSR count). The minimum Gasteiger partial charge on any atom is -0.342 e. The number of hydrogen-bond acceptors (Lipinski definition) is 6.